The second kappa shape index (κ2) is 6.22. The molecule has 0 spiro atoms. The van der Waals surface area contributed by atoms with Gasteiger partial charge < -0.3 is 10.2 Å². The van der Waals surface area contributed by atoms with Crippen LogP contribution in [0.25, 0.3) is 0 Å². The van der Waals surface area contributed by atoms with Crippen LogP contribution >= 0.6 is 15.9 Å². The number of hydrogen-bond donors (Lipinski definition) is 1. The quantitative estimate of drug-likeness (QED) is 0.831. The minimum Gasteiger partial charge on any atom is -0.381 e. The number of anilines is 1. The van der Waals surface area contributed by atoms with Gasteiger partial charge in [0, 0.05) is 12.1 Å². The molecule has 0 aliphatic heterocycles. The Bertz CT molecular complexity index is 543. The molecule has 0 amide bonds. The van der Waals surface area contributed by atoms with Gasteiger partial charge in [0.25, 0.3) is 5.56 Å². The molecule has 0 unspecified atom stereocenters. The fourth-order valence-electron chi connectivity index (χ4n) is 1.26. The highest BCUT2D eigenvalue weighted by atomic mass is 79.9. The van der Waals surface area contributed by atoms with Gasteiger partial charge in [-0.1, -0.05) is 5.92 Å². The summed E-state index contributed by atoms with van der Waals surface area (Å²) in [5.41, 5.74) is 0.409. The van der Waals surface area contributed by atoms with Crippen LogP contribution in [0.15, 0.2) is 15.5 Å². The van der Waals surface area contributed by atoms with Crippen molar-refractivity contribution in [1.29, 1.82) is 0 Å². The predicted molar refractivity (Wildman–Crippen MR) is 81.3 cm³/mol. The Hall–Kier alpha value is -1.32. The molecule has 6 heteroatoms. The Morgan fingerprint density at radius 2 is 2.21 bits per heavy atom. The number of halogens is 1. The van der Waals surface area contributed by atoms with Crippen LogP contribution in [0.2, 0.25) is 0 Å². The zero-order valence-corrected chi connectivity index (χ0v) is 13.3. The topological polar surface area (TPSA) is 50.2 Å². The molecule has 1 N–H and O–H groups in total. The minimum absolute atomic E-state index is 0.0346. The molecule has 0 radical (unpaired) electrons. The van der Waals surface area contributed by atoms with E-state index in [4.69, 9.17) is 6.42 Å². The van der Waals surface area contributed by atoms with Crippen LogP contribution in [0.4, 0.5) is 5.69 Å². The first kappa shape index (κ1) is 15.7. The van der Waals surface area contributed by atoms with Crippen molar-refractivity contribution in [3.8, 4) is 12.3 Å². The number of likely N-dealkylation sites (N-methyl/N-ethyl adjacent to an activating group) is 1. The lowest BCUT2D eigenvalue weighted by Crippen LogP contribution is -2.44. The number of nitrogens with one attached hydrogen (secondary N) is 1. The number of aromatic nitrogens is 2. The summed E-state index contributed by atoms with van der Waals surface area (Å²) in [6.07, 6.45) is 6.79. The standard InChI is InChI=1S/C13H19BrN4O/c1-6-7-18-12(19)11(14)10(8-16-18)15-9-13(2,3)17(4)5/h1,8,15H,7,9H2,2-5H3. The van der Waals surface area contributed by atoms with Gasteiger partial charge in [-0.3, -0.25) is 4.79 Å². The smallest absolute Gasteiger partial charge is 0.284 e. The van der Waals surface area contributed by atoms with E-state index < -0.39 is 0 Å². The average molecular weight is 327 g/mol. The van der Waals surface area contributed by atoms with E-state index in [0.717, 1.165) is 0 Å². The van der Waals surface area contributed by atoms with Gasteiger partial charge in [0.15, 0.2) is 0 Å². The lowest BCUT2D eigenvalue weighted by atomic mass is 10.0. The summed E-state index contributed by atoms with van der Waals surface area (Å²) < 4.78 is 1.69. The first-order chi connectivity index (χ1) is 8.79. The highest BCUT2D eigenvalue weighted by Crippen LogP contribution is 2.18. The van der Waals surface area contributed by atoms with Gasteiger partial charge in [0.2, 0.25) is 0 Å². The van der Waals surface area contributed by atoms with Crippen LogP contribution in [-0.2, 0) is 6.54 Å². The summed E-state index contributed by atoms with van der Waals surface area (Å²) in [6.45, 7) is 5.08. The summed E-state index contributed by atoms with van der Waals surface area (Å²) in [4.78, 5) is 14.1. The molecule has 5 nitrogen and oxygen atoms in total. The van der Waals surface area contributed by atoms with Crippen molar-refractivity contribution in [1.82, 2.24) is 14.7 Å². The van der Waals surface area contributed by atoms with Crippen molar-refractivity contribution in [2.75, 3.05) is 26.0 Å². The molecule has 104 valence electrons. The average Bonchev–Trinajstić information content (AvgIpc) is 2.34. The number of nitrogens with zero attached hydrogens (tertiary/aromatic N) is 3. The third-order valence-electron chi connectivity index (χ3n) is 3.15. The number of rotatable bonds is 5. The Balaban J connectivity index is 2.91. The molecule has 1 heterocycles. The van der Waals surface area contributed by atoms with E-state index in [1.165, 1.54) is 4.68 Å². The maximum atomic E-state index is 11.9. The van der Waals surface area contributed by atoms with E-state index in [9.17, 15) is 4.79 Å². The Labute approximate surface area is 122 Å². The molecule has 0 atom stereocenters. The third kappa shape index (κ3) is 3.82. The second-order valence-corrected chi connectivity index (χ2v) is 5.89. The molecule has 1 rings (SSSR count). The van der Waals surface area contributed by atoms with Crippen molar-refractivity contribution in [3.05, 3.63) is 21.0 Å². The summed E-state index contributed by atoms with van der Waals surface area (Å²) >= 11 is 3.29. The summed E-state index contributed by atoms with van der Waals surface area (Å²) in [5.74, 6) is 2.40. The second-order valence-electron chi connectivity index (χ2n) is 5.10. The van der Waals surface area contributed by atoms with Crippen molar-refractivity contribution in [2.45, 2.75) is 25.9 Å². The summed E-state index contributed by atoms with van der Waals surface area (Å²) in [6, 6.07) is 0. The van der Waals surface area contributed by atoms with Crippen LogP contribution in [0.5, 0.6) is 0 Å². The molecule has 1 aromatic heterocycles. The van der Waals surface area contributed by atoms with E-state index >= 15 is 0 Å². The van der Waals surface area contributed by atoms with Crippen LogP contribution in [0.1, 0.15) is 13.8 Å². The maximum absolute atomic E-state index is 11.9. The van der Waals surface area contributed by atoms with Gasteiger partial charge in [0.1, 0.15) is 11.0 Å². The predicted octanol–water partition coefficient (Wildman–Crippen LogP) is 1.39. The molecule has 0 saturated heterocycles. The molecule has 0 saturated carbocycles. The van der Waals surface area contributed by atoms with Crippen LogP contribution < -0.4 is 10.9 Å². The molecule has 19 heavy (non-hydrogen) atoms. The number of terminal acetylenes is 1. The van der Waals surface area contributed by atoms with E-state index in [1.54, 1.807) is 6.20 Å². The van der Waals surface area contributed by atoms with Crippen LogP contribution in [0, 0.1) is 12.3 Å². The Morgan fingerprint density at radius 1 is 1.58 bits per heavy atom. The zero-order chi connectivity index (χ0) is 14.6. The molecule has 0 fully saturated rings. The van der Waals surface area contributed by atoms with E-state index in [1.807, 2.05) is 14.1 Å². The minimum atomic E-state index is -0.231. The molecule has 0 aromatic carbocycles. The Morgan fingerprint density at radius 3 is 2.74 bits per heavy atom. The zero-order valence-electron chi connectivity index (χ0n) is 11.7. The van der Waals surface area contributed by atoms with Gasteiger partial charge in [-0.2, -0.15) is 5.10 Å². The molecule has 0 aliphatic carbocycles. The lowest BCUT2D eigenvalue weighted by molar-refractivity contribution is 0.210. The maximum Gasteiger partial charge on any atom is 0.284 e. The summed E-state index contributed by atoms with van der Waals surface area (Å²) in [7, 11) is 4.03. The number of hydrogen-bond acceptors (Lipinski definition) is 4. The van der Waals surface area contributed by atoms with Crippen molar-refractivity contribution in [3.63, 3.8) is 0 Å². The molecule has 1 aromatic rings. The highest BCUT2D eigenvalue weighted by molar-refractivity contribution is 9.10. The van der Waals surface area contributed by atoms with Gasteiger partial charge >= 0.3 is 0 Å². The van der Waals surface area contributed by atoms with E-state index in [0.29, 0.717) is 16.7 Å². The van der Waals surface area contributed by atoms with Gasteiger partial charge in [-0.15, -0.1) is 6.42 Å². The largest absolute Gasteiger partial charge is 0.381 e. The molecular formula is C13H19BrN4O. The van der Waals surface area contributed by atoms with Crippen molar-refractivity contribution < 1.29 is 0 Å². The van der Waals surface area contributed by atoms with E-state index in [2.05, 4.69) is 51.0 Å². The lowest BCUT2D eigenvalue weighted by Gasteiger charge is -2.33. The van der Waals surface area contributed by atoms with Gasteiger partial charge in [-0.25, -0.2) is 4.68 Å². The Kier molecular flexibility index (Phi) is 5.15. The monoisotopic (exact) mass is 326 g/mol. The highest BCUT2D eigenvalue weighted by Gasteiger charge is 2.20. The fraction of sp³-hybridized carbons (Fsp3) is 0.538. The van der Waals surface area contributed by atoms with Crippen LogP contribution in [0.3, 0.4) is 0 Å². The molecule has 0 bridgehead atoms. The fourth-order valence-corrected chi connectivity index (χ4v) is 1.70. The molecule has 0 aliphatic rings. The molecular weight excluding hydrogens is 308 g/mol. The van der Waals surface area contributed by atoms with Crippen molar-refractivity contribution >= 4 is 21.6 Å². The SMILES string of the molecule is C#CCn1ncc(NCC(C)(C)N(C)C)c(Br)c1=O. The van der Waals surface area contributed by atoms with Gasteiger partial charge in [-0.05, 0) is 43.9 Å². The first-order valence-corrected chi connectivity index (χ1v) is 6.69. The third-order valence-corrected chi connectivity index (χ3v) is 3.91. The normalized spacial score (nSPS) is 11.4. The summed E-state index contributed by atoms with van der Waals surface area (Å²) in [5, 5.41) is 7.26. The first-order valence-electron chi connectivity index (χ1n) is 5.90. The van der Waals surface area contributed by atoms with Crippen molar-refractivity contribution in [2.24, 2.45) is 0 Å². The van der Waals surface area contributed by atoms with Gasteiger partial charge in [0.05, 0.1) is 11.9 Å². The van der Waals surface area contributed by atoms with Crippen LogP contribution in [-0.4, -0.2) is 40.9 Å². The van der Waals surface area contributed by atoms with E-state index in [-0.39, 0.29) is 17.6 Å².